The van der Waals surface area contributed by atoms with Gasteiger partial charge in [0.15, 0.2) is 5.76 Å². The van der Waals surface area contributed by atoms with Crippen LogP contribution in [-0.4, -0.2) is 5.78 Å². The maximum atomic E-state index is 12.0. The number of hydrogen-bond donors (Lipinski definition) is 0. The summed E-state index contributed by atoms with van der Waals surface area (Å²) in [6.45, 7) is 1.99. The molecule has 0 aliphatic carbocycles. The summed E-state index contributed by atoms with van der Waals surface area (Å²) in [7, 11) is 0. The molecule has 0 aliphatic rings. The highest BCUT2D eigenvalue weighted by atomic mass is 79.9. The molecular weight excluding hydrogens is 268 g/mol. The zero-order chi connectivity index (χ0) is 11.5. The number of hydrogen-bond acceptors (Lipinski definition) is 2. The lowest BCUT2D eigenvalue weighted by atomic mass is 10.1. The Morgan fingerprint density at radius 3 is 2.44 bits per heavy atom. The summed E-state index contributed by atoms with van der Waals surface area (Å²) in [5, 5.41) is 0. The first-order valence-corrected chi connectivity index (χ1v) is 5.89. The van der Waals surface area contributed by atoms with E-state index in [0.717, 1.165) is 16.7 Å². The zero-order valence-electron chi connectivity index (χ0n) is 8.87. The molecular formula is C13H11BrO2. The first kappa shape index (κ1) is 11.1. The standard InChI is InChI=1S/C13H11BrO2/c1-2-11-7-8-12(16-11)13(15)9-3-5-10(14)6-4-9/h3-8H,2H2,1H3. The van der Waals surface area contributed by atoms with E-state index in [1.165, 1.54) is 0 Å². The smallest absolute Gasteiger partial charge is 0.228 e. The Morgan fingerprint density at radius 1 is 1.19 bits per heavy atom. The van der Waals surface area contributed by atoms with Gasteiger partial charge in [-0.3, -0.25) is 4.79 Å². The molecule has 1 aromatic carbocycles. The van der Waals surface area contributed by atoms with E-state index in [2.05, 4.69) is 15.9 Å². The van der Waals surface area contributed by atoms with Crippen molar-refractivity contribution >= 4 is 21.7 Å². The summed E-state index contributed by atoms with van der Waals surface area (Å²) in [4.78, 5) is 12.0. The van der Waals surface area contributed by atoms with Crippen LogP contribution in [0.3, 0.4) is 0 Å². The SMILES string of the molecule is CCc1ccc(C(=O)c2ccc(Br)cc2)o1. The van der Waals surface area contributed by atoms with Gasteiger partial charge in [-0.2, -0.15) is 0 Å². The van der Waals surface area contributed by atoms with Crippen molar-refractivity contribution in [2.75, 3.05) is 0 Å². The predicted octanol–water partition coefficient (Wildman–Crippen LogP) is 3.84. The molecule has 82 valence electrons. The Hall–Kier alpha value is -1.35. The third-order valence-corrected chi connectivity index (χ3v) is 2.87. The molecule has 0 spiro atoms. The molecule has 0 bridgehead atoms. The number of halogens is 1. The summed E-state index contributed by atoms with van der Waals surface area (Å²) in [6, 6.07) is 10.8. The van der Waals surface area contributed by atoms with Gasteiger partial charge in [0.25, 0.3) is 0 Å². The lowest BCUT2D eigenvalue weighted by molar-refractivity contribution is 0.101. The molecule has 0 atom stereocenters. The largest absolute Gasteiger partial charge is 0.458 e. The van der Waals surface area contributed by atoms with Gasteiger partial charge in [-0.1, -0.05) is 22.9 Å². The van der Waals surface area contributed by atoms with Crippen molar-refractivity contribution in [3.8, 4) is 0 Å². The number of carbonyl (C=O) groups is 1. The van der Waals surface area contributed by atoms with Crippen LogP contribution in [0.15, 0.2) is 45.3 Å². The van der Waals surface area contributed by atoms with Gasteiger partial charge in [0.2, 0.25) is 5.78 Å². The van der Waals surface area contributed by atoms with Gasteiger partial charge in [-0.05, 0) is 36.4 Å². The second-order valence-electron chi connectivity index (χ2n) is 3.46. The summed E-state index contributed by atoms with van der Waals surface area (Å²) in [6.07, 6.45) is 0.799. The molecule has 16 heavy (non-hydrogen) atoms. The van der Waals surface area contributed by atoms with Crippen molar-refractivity contribution in [3.63, 3.8) is 0 Å². The molecule has 0 fully saturated rings. The number of aryl methyl sites for hydroxylation is 1. The third kappa shape index (κ3) is 2.25. The monoisotopic (exact) mass is 278 g/mol. The molecule has 0 radical (unpaired) electrons. The molecule has 0 saturated heterocycles. The Bertz CT molecular complexity index is 497. The van der Waals surface area contributed by atoms with Gasteiger partial charge in [-0.25, -0.2) is 0 Å². The lowest BCUT2D eigenvalue weighted by Gasteiger charge is -1.97. The number of benzene rings is 1. The number of carbonyl (C=O) groups excluding carboxylic acids is 1. The van der Waals surface area contributed by atoms with E-state index in [4.69, 9.17) is 4.42 Å². The minimum atomic E-state index is -0.0767. The Balaban J connectivity index is 2.28. The molecule has 2 nitrogen and oxygen atoms in total. The van der Waals surface area contributed by atoms with Crippen LogP contribution in [0, 0.1) is 0 Å². The highest BCUT2D eigenvalue weighted by Crippen LogP contribution is 2.16. The zero-order valence-corrected chi connectivity index (χ0v) is 10.5. The second kappa shape index (κ2) is 4.66. The molecule has 0 amide bonds. The van der Waals surface area contributed by atoms with Crippen LogP contribution in [-0.2, 0) is 6.42 Å². The van der Waals surface area contributed by atoms with E-state index >= 15 is 0 Å². The van der Waals surface area contributed by atoms with E-state index in [9.17, 15) is 4.79 Å². The first-order valence-electron chi connectivity index (χ1n) is 5.09. The Labute approximate surface area is 102 Å². The van der Waals surface area contributed by atoms with E-state index < -0.39 is 0 Å². The summed E-state index contributed by atoms with van der Waals surface area (Å²) in [5.41, 5.74) is 0.639. The van der Waals surface area contributed by atoms with E-state index in [1.54, 1.807) is 18.2 Å². The summed E-state index contributed by atoms with van der Waals surface area (Å²) >= 11 is 3.33. The summed E-state index contributed by atoms with van der Waals surface area (Å²) < 4.78 is 6.37. The van der Waals surface area contributed by atoms with E-state index in [1.807, 2.05) is 25.1 Å². The van der Waals surface area contributed by atoms with Crippen LogP contribution >= 0.6 is 15.9 Å². The van der Waals surface area contributed by atoms with Crippen LogP contribution < -0.4 is 0 Å². The van der Waals surface area contributed by atoms with Gasteiger partial charge in [-0.15, -0.1) is 0 Å². The highest BCUT2D eigenvalue weighted by Gasteiger charge is 2.12. The van der Waals surface area contributed by atoms with Crippen molar-refractivity contribution < 1.29 is 9.21 Å². The van der Waals surface area contributed by atoms with Crippen LogP contribution in [0.2, 0.25) is 0 Å². The Kier molecular flexibility index (Phi) is 3.25. The fraction of sp³-hybridized carbons (Fsp3) is 0.154. The average Bonchev–Trinajstić information content (AvgIpc) is 2.77. The molecule has 2 rings (SSSR count). The molecule has 3 heteroatoms. The van der Waals surface area contributed by atoms with Crippen molar-refractivity contribution in [3.05, 3.63) is 58.0 Å². The number of ketones is 1. The van der Waals surface area contributed by atoms with E-state index in [0.29, 0.717) is 11.3 Å². The van der Waals surface area contributed by atoms with Gasteiger partial charge >= 0.3 is 0 Å². The molecule has 0 N–H and O–H groups in total. The number of rotatable bonds is 3. The van der Waals surface area contributed by atoms with Crippen molar-refractivity contribution in [2.45, 2.75) is 13.3 Å². The topological polar surface area (TPSA) is 30.2 Å². The second-order valence-corrected chi connectivity index (χ2v) is 4.37. The fourth-order valence-corrected chi connectivity index (χ4v) is 1.70. The average molecular weight is 279 g/mol. The van der Waals surface area contributed by atoms with Crippen molar-refractivity contribution in [1.82, 2.24) is 0 Å². The molecule has 1 aromatic heterocycles. The molecule has 0 unspecified atom stereocenters. The fourth-order valence-electron chi connectivity index (χ4n) is 1.43. The highest BCUT2D eigenvalue weighted by molar-refractivity contribution is 9.10. The first-order chi connectivity index (χ1) is 7.70. The quantitative estimate of drug-likeness (QED) is 0.799. The van der Waals surface area contributed by atoms with Crippen LogP contribution in [0.1, 0.15) is 28.8 Å². The van der Waals surface area contributed by atoms with Gasteiger partial charge < -0.3 is 4.42 Å². The maximum absolute atomic E-state index is 12.0. The van der Waals surface area contributed by atoms with Gasteiger partial charge in [0.05, 0.1) is 0 Å². The predicted molar refractivity (Wildman–Crippen MR) is 65.7 cm³/mol. The van der Waals surface area contributed by atoms with Crippen LogP contribution in [0.5, 0.6) is 0 Å². The van der Waals surface area contributed by atoms with Crippen LogP contribution in [0.25, 0.3) is 0 Å². The van der Waals surface area contributed by atoms with Crippen molar-refractivity contribution in [2.24, 2.45) is 0 Å². The minimum Gasteiger partial charge on any atom is -0.458 e. The normalized spacial score (nSPS) is 10.4. The maximum Gasteiger partial charge on any atom is 0.228 e. The van der Waals surface area contributed by atoms with Crippen LogP contribution in [0.4, 0.5) is 0 Å². The van der Waals surface area contributed by atoms with Gasteiger partial charge in [0, 0.05) is 16.5 Å². The minimum absolute atomic E-state index is 0.0767. The number of furan rings is 1. The molecule has 0 saturated carbocycles. The molecule has 0 aliphatic heterocycles. The van der Waals surface area contributed by atoms with Gasteiger partial charge in [0.1, 0.15) is 5.76 Å². The third-order valence-electron chi connectivity index (χ3n) is 2.34. The Morgan fingerprint density at radius 2 is 1.88 bits per heavy atom. The lowest BCUT2D eigenvalue weighted by Crippen LogP contribution is -1.98. The molecule has 1 heterocycles. The van der Waals surface area contributed by atoms with E-state index in [-0.39, 0.29) is 5.78 Å². The molecule has 2 aromatic rings. The van der Waals surface area contributed by atoms with Crippen molar-refractivity contribution in [1.29, 1.82) is 0 Å². The summed E-state index contributed by atoms with van der Waals surface area (Å²) in [5.74, 6) is 1.16.